The van der Waals surface area contributed by atoms with Crippen LogP contribution >= 0.6 is 0 Å². The normalized spacial score (nSPS) is 12.7. The average Bonchev–Trinajstić information content (AvgIpc) is 3.50. The number of aromatic nitrogens is 4. The van der Waals surface area contributed by atoms with Gasteiger partial charge in [0.25, 0.3) is 0 Å². The van der Waals surface area contributed by atoms with E-state index in [9.17, 15) is 9.90 Å². The highest BCUT2D eigenvalue weighted by Gasteiger charge is 2.31. The highest BCUT2D eigenvalue weighted by molar-refractivity contribution is 6.76. The number of hydrogen-bond donors (Lipinski definition) is 1. The quantitative estimate of drug-likeness (QED) is 0.0391. The van der Waals surface area contributed by atoms with Crippen LogP contribution in [0.4, 0.5) is 10.6 Å². The third-order valence-electron chi connectivity index (χ3n) is 8.89. The first-order valence-corrected chi connectivity index (χ1v) is 27.3. The Bertz CT molecular complexity index is 1780. The van der Waals surface area contributed by atoms with Crippen LogP contribution in [0.1, 0.15) is 71.8 Å². The molecule has 1 amide bonds. The van der Waals surface area contributed by atoms with Gasteiger partial charge in [-0.25, -0.2) is 14.8 Å². The van der Waals surface area contributed by atoms with Gasteiger partial charge >= 0.3 is 6.09 Å². The molecule has 0 aliphatic carbocycles. The van der Waals surface area contributed by atoms with Gasteiger partial charge in [-0.2, -0.15) is 9.61 Å². The van der Waals surface area contributed by atoms with Gasteiger partial charge < -0.3 is 33.9 Å². The molecule has 0 aliphatic heterocycles. The van der Waals surface area contributed by atoms with Gasteiger partial charge in [0, 0.05) is 58.8 Å². The van der Waals surface area contributed by atoms with E-state index in [0.29, 0.717) is 61.1 Å². The second kappa shape index (κ2) is 20.6. The molecule has 0 aromatic carbocycles. The van der Waals surface area contributed by atoms with Gasteiger partial charge in [-0.05, 0) is 91.4 Å². The minimum Gasteiger partial charge on any atom is -0.494 e. The number of fused-ring (bicyclic) bond motifs is 1. The van der Waals surface area contributed by atoms with Gasteiger partial charge in [-0.3, -0.25) is 0 Å². The summed E-state index contributed by atoms with van der Waals surface area (Å²) < 4.78 is 26.7. The standard InChI is InChI=1S/C42H68N6O6Si2/c1-15-53-33(5)38-37(21-18-32(4)47(31(2)3)41(50)54-42(6,7)8)45-39-36(34-19-20-35(43-27-34)17-16-22-49)28-44-48(39)40(38)46(29-51-23-25-55(9,10)11)30-52-24-26-56(12,13)14/h19-20,27-28,31-32,49H,5,15,18,21-26,29-30H2,1-4,6-14H3/t32-/m1/s1. The number of aliphatic hydroxyl groups is 1. The van der Waals surface area contributed by atoms with Crippen molar-refractivity contribution in [1.29, 1.82) is 0 Å². The molecule has 1 atom stereocenters. The molecule has 56 heavy (non-hydrogen) atoms. The summed E-state index contributed by atoms with van der Waals surface area (Å²) >= 11 is 0. The van der Waals surface area contributed by atoms with Crippen molar-refractivity contribution in [3.05, 3.63) is 48.1 Å². The van der Waals surface area contributed by atoms with Crippen LogP contribution in [0, 0.1) is 11.8 Å². The Morgan fingerprint density at radius 2 is 1.62 bits per heavy atom. The number of carbonyl (C=O) groups excluding carboxylic acids is 1. The number of hydrogen-bond acceptors (Lipinski definition) is 10. The molecule has 3 aromatic heterocycles. The Morgan fingerprint density at radius 1 is 1.00 bits per heavy atom. The van der Waals surface area contributed by atoms with Crippen molar-refractivity contribution in [3.63, 3.8) is 0 Å². The van der Waals surface area contributed by atoms with E-state index in [-0.39, 0.29) is 38.2 Å². The van der Waals surface area contributed by atoms with Gasteiger partial charge in [0.15, 0.2) is 5.65 Å². The molecule has 0 unspecified atom stereocenters. The lowest BCUT2D eigenvalue weighted by atomic mass is 10.0. The first-order valence-electron chi connectivity index (χ1n) is 19.9. The lowest BCUT2D eigenvalue weighted by molar-refractivity contribution is 0.00954. The number of aryl methyl sites for hydroxylation is 1. The predicted molar refractivity (Wildman–Crippen MR) is 232 cm³/mol. The number of carbonyl (C=O) groups is 1. The van der Waals surface area contributed by atoms with E-state index in [1.807, 2.05) is 65.1 Å². The van der Waals surface area contributed by atoms with Crippen LogP contribution in [0.2, 0.25) is 51.4 Å². The van der Waals surface area contributed by atoms with Crippen LogP contribution in [0.3, 0.4) is 0 Å². The lowest BCUT2D eigenvalue weighted by Gasteiger charge is -2.35. The number of amides is 1. The molecule has 0 radical (unpaired) electrons. The summed E-state index contributed by atoms with van der Waals surface area (Å²) in [6, 6.07) is 5.53. The van der Waals surface area contributed by atoms with E-state index in [0.717, 1.165) is 28.9 Å². The van der Waals surface area contributed by atoms with Crippen LogP contribution in [0.25, 0.3) is 22.5 Å². The van der Waals surface area contributed by atoms with Crippen molar-refractivity contribution in [1.82, 2.24) is 24.5 Å². The van der Waals surface area contributed by atoms with Crippen LogP contribution in [0.15, 0.2) is 31.1 Å². The van der Waals surface area contributed by atoms with E-state index in [2.05, 4.69) is 67.6 Å². The molecule has 1 N–H and O–H groups in total. The number of aliphatic hydroxyl groups excluding tert-OH is 1. The molecule has 12 nitrogen and oxygen atoms in total. The van der Waals surface area contributed by atoms with Crippen molar-refractivity contribution in [2.24, 2.45) is 0 Å². The minimum absolute atomic E-state index is 0.0835. The molecule has 3 heterocycles. The topological polar surface area (TPSA) is 124 Å². The molecule has 0 bridgehead atoms. The fraction of sp³-hybridized carbons (Fsp3) is 0.619. The summed E-state index contributed by atoms with van der Waals surface area (Å²) in [4.78, 5) is 27.1. The summed E-state index contributed by atoms with van der Waals surface area (Å²) in [5.74, 6) is 6.68. The van der Waals surface area contributed by atoms with E-state index >= 15 is 0 Å². The van der Waals surface area contributed by atoms with Crippen molar-refractivity contribution in [2.75, 3.05) is 44.8 Å². The molecule has 0 saturated heterocycles. The largest absolute Gasteiger partial charge is 0.494 e. The van der Waals surface area contributed by atoms with Crippen LogP contribution in [-0.2, 0) is 25.4 Å². The summed E-state index contributed by atoms with van der Waals surface area (Å²) in [5, 5.41) is 14.1. The Morgan fingerprint density at radius 3 is 2.12 bits per heavy atom. The summed E-state index contributed by atoms with van der Waals surface area (Å²) in [5.41, 5.74) is 3.60. The third-order valence-corrected chi connectivity index (χ3v) is 12.3. The van der Waals surface area contributed by atoms with Crippen molar-refractivity contribution in [2.45, 2.75) is 130 Å². The fourth-order valence-electron chi connectivity index (χ4n) is 5.95. The Kier molecular flexibility index (Phi) is 17.2. The Hall–Kier alpha value is -3.75. The first kappa shape index (κ1) is 46.6. The molecule has 3 aromatic rings. The summed E-state index contributed by atoms with van der Waals surface area (Å²) in [6.07, 6.45) is 4.28. The van der Waals surface area contributed by atoms with E-state index < -0.39 is 21.7 Å². The van der Waals surface area contributed by atoms with Crippen molar-refractivity contribution in [3.8, 4) is 23.0 Å². The monoisotopic (exact) mass is 808 g/mol. The first-order chi connectivity index (χ1) is 26.2. The molecular formula is C42H68N6O6Si2. The summed E-state index contributed by atoms with van der Waals surface area (Å²) in [6.45, 7) is 34.0. The second-order valence-corrected chi connectivity index (χ2v) is 29.1. The smallest absolute Gasteiger partial charge is 0.410 e. The molecule has 310 valence electrons. The van der Waals surface area contributed by atoms with Crippen LogP contribution < -0.4 is 4.90 Å². The number of pyridine rings is 1. The Labute approximate surface area is 338 Å². The van der Waals surface area contributed by atoms with Gasteiger partial charge in [0.2, 0.25) is 0 Å². The van der Waals surface area contributed by atoms with Crippen LogP contribution in [-0.4, -0.2) is 109 Å². The molecule has 14 heteroatoms. The zero-order valence-corrected chi connectivity index (χ0v) is 38.4. The molecule has 0 aliphatic rings. The SMILES string of the molecule is C=C(OCC)c1c(CC[C@@H](C)N(C(=O)OC(C)(C)C)C(C)C)nc2c(-c3ccc(C#CCO)nc3)cnn2c1N(COCC[Si](C)(C)C)COCC[Si](C)(C)C. The maximum absolute atomic E-state index is 13.4. The molecule has 0 fully saturated rings. The average molecular weight is 809 g/mol. The maximum atomic E-state index is 13.4. The zero-order chi connectivity index (χ0) is 41.8. The third kappa shape index (κ3) is 14.3. The molecule has 0 spiro atoms. The summed E-state index contributed by atoms with van der Waals surface area (Å²) in [7, 11) is -2.71. The highest BCUT2D eigenvalue weighted by Crippen LogP contribution is 2.35. The minimum atomic E-state index is -1.35. The number of rotatable bonds is 20. The lowest BCUT2D eigenvalue weighted by Crippen LogP contribution is -2.46. The number of anilines is 1. The van der Waals surface area contributed by atoms with Crippen molar-refractivity contribution >= 4 is 39.5 Å². The van der Waals surface area contributed by atoms with Crippen LogP contribution in [0.5, 0.6) is 0 Å². The van der Waals surface area contributed by atoms with Gasteiger partial charge in [-0.1, -0.05) is 51.8 Å². The van der Waals surface area contributed by atoms with Crippen molar-refractivity contribution < 1.29 is 28.8 Å². The van der Waals surface area contributed by atoms with E-state index in [1.54, 1.807) is 17.3 Å². The maximum Gasteiger partial charge on any atom is 0.410 e. The van der Waals surface area contributed by atoms with Gasteiger partial charge in [0.1, 0.15) is 42.9 Å². The van der Waals surface area contributed by atoms with Gasteiger partial charge in [0.05, 0.1) is 24.1 Å². The highest BCUT2D eigenvalue weighted by atomic mass is 28.3. The van der Waals surface area contributed by atoms with E-state index in [1.165, 1.54) is 0 Å². The second-order valence-electron chi connectivity index (χ2n) is 17.9. The fourth-order valence-corrected chi connectivity index (χ4v) is 7.47. The number of nitrogens with zero attached hydrogens (tertiary/aromatic N) is 6. The number of ether oxygens (including phenoxy) is 4. The van der Waals surface area contributed by atoms with E-state index in [4.69, 9.17) is 29.0 Å². The Balaban J connectivity index is 2.26. The molecule has 3 rings (SSSR count). The zero-order valence-electron chi connectivity index (χ0n) is 36.4. The predicted octanol–water partition coefficient (Wildman–Crippen LogP) is 8.54. The molecular weight excluding hydrogens is 741 g/mol. The molecule has 0 saturated carbocycles. The van der Waals surface area contributed by atoms with Gasteiger partial charge in [-0.15, -0.1) is 0 Å².